The number of aromatic nitrogens is 3. The summed E-state index contributed by atoms with van der Waals surface area (Å²) >= 11 is 8.62. The molecule has 0 saturated carbocycles. The first kappa shape index (κ1) is 21.0. The van der Waals surface area contributed by atoms with Gasteiger partial charge >= 0.3 is 0 Å². The van der Waals surface area contributed by atoms with Crippen LogP contribution >= 0.6 is 28.1 Å². The van der Waals surface area contributed by atoms with E-state index < -0.39 is 0 Å². The molecule has 4 aromatic rings. The number of halogens is 1. The van der Waals surface area contributed by atoms with Gasteiger partial charge < -0.3 is 10.1 Å². The topological polar surface area (TPSA) is 81.1 Å². The van der Waals surface area contributed by atoms with Gasteiger partial charge in [0.25, 0.3) is 5.91 Å². The molecule has 9 heteroatoms. The number of rotatable bonds is 5. The van der Waals surface area contributed by atoms with E-state index in [1.165, 1.54) is 0 Å². The van der Waals surface area contributed by atoms with Crippen LogP contribution in [0.2, 0.25) is 0 Å². The summed E-state index contributed by atoms with van der Waals surface area (Å²) in [5.41, 5.74) is 3.48. The summed E-state index contributed by atoms with van der Waals surface area (Å²) in [4.78, 5) is 13.9. The van der Waals surface area contributed by atoms with E-state index in [1.54, 1.807) is 29.1 Å². The predicted molar refractivity (Wildman–Crippen MR) is 128 cm³/mol. The van der Waals surface area contributed by atoms with Crippen LogP contribution in [0.1, 0.15) is 17.3 Å². The summed E-state index contributed by atoms with van der Waals surface area (Å²) in [7, 11) is 0. The predicted octanol–water partition coefficient (Wildman–Crippen LogP) is 4.71. The number of nitrogens with zero attached hydrogens (tertiary/aromatic N) is 3. The standard InChI is InChI=1S/C22H18BrN5O2S/c1-2-30-18-10-8-17(9-11-18)28-26-19-12-7-16(13-20(19)27-28)24-22(31)25-21(29)14-3-5-15(23)6-4-14/h3-13H,2H2,1H3,(H2,24,25,29,31). The fourth-order valence-electron chi connectivity index (χ4n) is 2.89. The number of hydrogen-bond donors (Lipinski definition) is 2. The number of carbonyl (C=O) groups is 1. The number of amides is 1. The van der Waals surface area contributed by atoms with Crippen molar-refractivity contribution in [1.29, 1.82) is 0 Å². The molecule has 0 saturated heterocycles. The van der Waals surface area contributed by atoms with Gasteiger partial charge in [0, 0.05) is 15.7 Å². The zero-order chi connectivity index (χ0) is 21.8. The van der Waals surface area contributed by atoms with E-state index >= 15 is 0 Å². The van der Waals surface area contributed by atoms with Gasteiger partial charge in [0.1, 0.15) is 16.8 Å². The lowest BCUT2D eigenvalue weighted by Gasteiger charge is -2.09. The normalized spacial score (nSPS) is 10.6. The molecule has 0 radical (unpaired) electrons. The second-order valence-corrected chi connectivity index (χ2v) is 7.86. The van der Waals surface area contributed by atoms with Gasteiger partial charge in [-0.2, -0.15) is 4.80 Å². The summed E-state index contributed by atoms with van der Waals surface area (Å²) in [6, 6.07) is 20.1. The second-order valence-electron chi connectivity index (χ2n) is 6.53. The molecular weight excluding hydrogens is 478 g/mol. The Morgan fingerprint density at radius 2 is 1.74 bits per heavy atom. The molecule has 3 aromatic carbocycles. The van der Waals surface area contributed by atoms with Crippen molar-refractivity contribution in [3.8, 4) is 11.4 Å². The molecule has 7 nitrogen and oxygen atoms in total. The number of ether oxygens (including phenoxy) is 1. The molecule has 2 N–H and O–H groups in total. The lowest BCUT2D eigenvalue weighted by molar-refractivity contribution is 0.0977. The van der Waals surface area contributed by atoms with Gasteiger partial charge in [-0.05, 0) is 85.9 Å². The van der Waals surface area contributed by atoms with E-state index in [0.29, 0.717) is 23.4 Å². The monoisotopic (exact) mass is 495 g/mol. The fraction of sp³-hybridized carbons (Fsp3) is 0.0909. The van der Waals surface area contributed by atoms with Crippen molar-refractivity contribution in [3.63, 3.8) is 0 Å². The van der Waals surface area contributed by atoms with E-state index in [1.807, 2.05) is 49.4 Å². The third-order valence-corrected chi connectivity index (χ3v) is 5.08. The molecule has 1 heterocycles. The number of carbonyl (C=O) groups excluding carboxylic acids is 1. The van der Waals surface area contributed by atoms with Crippen molar-refractivity contribution >= 4 is 55.9 Å². The quantitative estimate of drug-likeness (QED) is 0.390. The minimum absolute atomic E-state index is 0.200. The zero-order valence-electron chi connectivity index (χ0n) is 16.5. The van der Waals surface area contributed by atoms with Crippen LogP contribution in [-0.4, -0.2) is 32.6 Å². The van der Waals surface area contributed by atoms with Crippen LogP contribution in [0.25, 0.3) is 16.7 Å². The average Bonchev–Trinajstić information content (AvgIpc) is 3.18. The van der Waals surface area contributed by atoms with Crippen LogP contribution in [0.15, 0.2) is 71.2 Å². The van der Waals surface area contributed by atoms with Crippen LogP contribution in [0, 0.1) is 0 Å². The molecule has 0 aliphatic carbocycles. The molecule has 156 valence electrons. The van der Waals surface area contributed by atoms with Gasteiger partial charge in [-0.3, -0.25) is 10.1 Å². The smallest absolute Gasteiger partial charge is 0.257 e. The second kappa shape index (κ2) is 9.23. The zero-order valence-corrected chi connectivity index (χ0v) is 18.9. The molecule has 4 rings (SSSR count). The number of thiocarbonyl (C=S) groups is 1. The minimum atomic E-state index is -0.285. The first-order valence-electron chi connectivity index (χ1n) is 9.50. The van der Waals surface area contributed by atoms with E-state index in [4.69, 9.17) is 17.0 Å². The third-order valence-electron chi connectivity index (χ3n) is 4.35. The van der Waals surface area contributed by atoms with E-state index in [0.717, 1.165) is 21.4 Å². The van der Waals surface area contributed by atoms with Crippen molar-refractivity contribution in [2.24, 2.45) is 0 Å². The fourth-order valence-corrected chi connectivity index (χ4v) is 3.36. The molecule has 1 amide bonds. The van der Waals surface area contributed by atoms with Crippen LogP contribution in [0.4, 0.5) is 5.69 Å². The van der Waals surface area contributed by atoms with Crippen molar-refractivity contribution in [2.45, 2.75) is 6.92 Å². The Balaban J connectivity index is 1.45. The highest BCUT2D eigenvalue weighted by atomic mass is 79.9. The molecule has 0 aliphatic rings. The van der Waals surface area contributed by atoms with E-state index in [-0.39, 0.29) is 11.0 Å². The lowest BCUT2D eigenvalue weighted by atomic mass is 10.2. The summed E-state index contributed by atoms with van der Waals surface area (Å²) < 4.78 is 6.37. The van der Waals surface area contributed by atoms with Gasteiger partial charge in [0.2, 0.25) is 0 Å². The maximum Gasteiger partial charge on any atom is 0.257 e. The van der Waals surface area contributed by atoms with Gasteiger partial charge in [-0.25, -0.2) is 0 Å². The van der Waals surface area contributed by atoms with Crippen LogP contribution < -0.4 is 15.4 Å². The Labute approximate surface area is 192 Å². The molecule has 0 bridgehead atoms. The van der Waals surface area contributed by atoms with Gasteiger partial charge in [0.05, 0.1) is 12.3 Å². The number of benzene rings is 3. The number of fused-ring (bicyclic) bond motifs is 1. The first-order valence-corrected chi connectivity index (χ1v) is 10.7. The highest BCUT2D eigenvalue weighted by Crippen LogP contribution is 2.19. The number of nitrogens with one attached hydrogen (secondary N) is 2. The molecule has 0 fully saturated rings. The lowest BCUT2D eigenvalue weighted by Crippen LogP contribution is -2.34. The molecule has 0 aliphatic heterocycles. The minimum Gasteiger partial charge on any atom is -0.494 e. The van der Waals surface area contributed by atoms with Crippen LogP contribution in [0.5, 0.6) is 5.75 Å². The van der Waals surface area contributed by atoms with Crippen molar-refractivity contribution < 1.29 is 9.53 Å². The van der Waals surface area contributed by atoms with E-state index in [9.17, 15) is 4.79 Å². The number of anilines is 1. The van der Waals surface area contributed by atoms with E-state index in [2.05, 4.69) is 36.8 Å². The Morgan fingerprint density at radius 1 is 1.03 bits per heavy atom. The first-order chi connectivity index (χ1) is 15.0. The Bertz CT molecular complexity index is 1240. The molecular formula is C22H18BrN5O2S. The highest BCUT2D eigenvalue weighted by Gasteiger charge is 2.10. The summed E-state index contributed by atoms with van der Waals surface area (Å²) in [5.74, 6) is 0.515. The van der Waals surface area contributed by atoms with Gasteiger partial charge in [-0.15, -0.1) is 10.2 Å². The summed E-state index contributed by atoms with van der Waals surface area (Å²) in [6.07, 6.45) is 0. The SMILES string of the molecule is CCOc1ccc(-n2nc3ccc(NC(=S)NC(=O)c4ccc(Br)cc4)cc3n2)cc1. The van der Waals surface area contributed by atoms with Crippen molar-refractivity contribution in [2.75, 3.05) is 11.9 Å². The molecule has 0 unspecified atom stereocenters. The molecule has 0 spiro atoms. The Kier molecular flexibility index (Phi) is 6.24. The highest BCUT2D eigenvalue weighted by molar-refractivity contribution is 9.10. The Hall–Kier alpha value is -3.30. The average molecular weight is 496 g/mol. The maximum atomic E-state index is 12.3. The third kappa shape index (κ3) is 5.07. The molecule has 0 atom stereocenters. The van der Waals surface area contributed by atoms with Crippen LogP contribution in [0.3, 0.4) is 0 Å². The van der Waals surface area contributed by atoms with Crippen molar-refractivity contribution in [1.82, 2.24) is 20.3 Å². The summed E-state index contributed by atoms with van der Waals surface area (Å²) in [6.45, 7) is 2.56. The van der Waals surface area contributed by atoms with Gasteiger partial charge in [-0.1, -0.05) is 15.9 Å². The molecule has 1 aromatic heterocycles. The van der Waals surface area contributed by atoms with Crippen LogP contribution in [-0.2, 0) is 0 Å². The largest absolute Gasteiger partial charge is 0.494 e. The number of hydrogen-bond acceptors (Lipinski definition) is 5. The maximum absolute atomic E-state index is 12.3. The molecule has 31 heavy (non-hydrogen) atoms. The Morgan fingerprint density at radius 3 is 2.45 bits per heavy atom. The van der Waals surface area contributed by atoms with Crippen molar-refractivity contribution in [3.05, 3.63) is 76.8 Å². The summed E-state index contributed by atoms with van der Waals surface area (Å²) in [5, 5.41) is 14.9. The van der Waals surface area contributed by atoms with Gasteiger partial charge in [0.15, 0.2) is 5.11 Å².